The van der Waals surface area contributed by atoms with Crippen LogP contribution in [0, 0.1) is 6.92 Å². The molecule has 1 aliphatic heterocycles. The molecule has 0 spiro atoms. The van der Waals surface area contributed by atoms with Crippen LogP contribution in [0.4, 0.5) is 0 Å². The van der Waals surface area contributed by atoms with E-state index in [-0.39, 0.29) is 23.9 Å². The van der Waals surface area contributed by atoms with Crippen LogP contribution in [0.25, 0.3) is 11.0 Å². The van der Waals surface area contributed by atoms with Crippen molar-refractivity contribution in [1.29, 1.82) is 0 Å². The lowest BCUT2D eigenvalue weighted by molar-refractivity contribution is -0.133. The summed E-state index contributed by atoms with van der Waals surface area (Å²) in [6.45, 7) is 3.52. The number of piperidine rings is 1. The summed E-state index contributed by atoms with van der Waals surface area (Å²) in [7, 11) is 0. The molecular formula is C20H22N4O2. The van der Waals surface area contributed by atoms with Gasteiger partial charge in [0.15, 0.2) is 0 Å². The highest BCUT2D eigenvalue weighted by Crippen LogP contribution is 2.27. The average Bonchev–Trinajstić information content (AvgIpc) is 3.07. The van der Waals surface area contributed by atoms with E-state index in [4.69, 9.17) is 4.98 Å². The summed E-state index contributed by atoms with van der Waals surface area (Å²) >= 11 is 0. The standard InChI is InChI=1S/C20H22N4O2/c1-14-7-8-16-17(11-14)22-20(21-16)15-5-4-10-23(12-15)19(26)13-24-9-3-2-6-18(24)25/h2-3,6-9,11,15H,4-5,10,12-13H2,1H3,(H,21,22)/t15-/m0/s1. The van der Waals surface area contributed by atoms with Gasteiger partial charge in [0.1, 0.15) is 12.4 Å². The summed E-state index contributed by atoms with van der Waals surface area (Å²) in [5.41, 5.74) is 3.05. The summed E-state index contributed by atoms with van der Waals surface area (Å²) < 4.78 is 1.45. The number of likely N-dealkylation sites (tertiary alicyclic amines) is 1. The molecule has 6 nitrogen and oxygen atoms in total. The van der Waals surface area contributed by atoms with E-state index >= 15 is 0 Å². The van der Waals surface area contributed by atoms with Crippen LogP contribution in [0.5, 0.6) is 0 Å². The summed E-state index contributed by atoms with van der Waals surface area (Å²) in [5, 5.41) is 0. The Morgan fingerprint density at radius 3 is 3.04 bits per heavy atom. The largest absolute Gasteiger partial charge is 0.342 e. The molecule has 3 aromatic rings. The number of hydrogen-bond acceptors (Lipinski definition) is 3. The van der Waals surface area contributed by atoms with Crippen LogP contribution in [0.1, 0.15) is 30.1 Å². The second-order valence-corrected chi connectivity index (χ2v) is 6.99. The summed E-state index contributed by atoms with van der Waals surface area (Å²) in [5.74, 6) is 1.13. The minimum absolute atomic E-state index is 0.0186. The lowest BCUT2D eigenvalue weighted by atomic mass is 9.97. The highest BCUT2D eigenvalue weighted by molar-refractivity contribution is 5.77. The lowest BCUT2D eigenvalue weighted by Crippen LogP contribution is -2.42. The molecule has 0 saturated carbocycles. The number of carbonyl (C=O) groups excluding carboxylic acids is 1. The molecule has 6 heteroatoms. The van der Waals surface area contributed by atoms with Crippen molar-refractivity contribution in [3.63, 3.8) is 0 Å². The normalized spacial score (nSPS) is 17.6. The van der Waals surface area contributed by atoms with E-state index in [2.05, 4.69) is 24.0 Å². The molecule has 1 fully saturated rings. The topological polar surface area (TPSA) is 71.0 Å². The predicted molar refractivity (Wildman–Crippen MR) is 100 cm³/mol. The number of H-pyrrole nitrogens is 1. The zero-order valence-electron chi connectivity index (χ0n) is 14.8. The van der Waals surface area contributed by atoms with Crippen LogP contribution in [0.15, 0.2) is 47.4 Å². The van der Waals surface area contributed by atoms with E-state index in [1.807, 2.05) is 11.0 Å². The Labute approximate surface area is 151 Å². The molecule has 0 unspecified atom stereocenters. The smallest absolute Gasteiger partial charge is 0.250 e. The number of pyridine rings is 1. The fourth-order valence-electron chi connectivity index (χ4n) is 3.60. The zero-order valence-corrected chi connectivity index (χ0v) is 14.8. The third-order valence-corrected chi connectivity index (χ3v) is 5.02. The number of carbonyl (C=O) groups is 1. The number of aromatic amines is 1. The highest BCUT2D eigenvalue weighted by Gasteiger charge is 2.26. The van der Waals surface area contributed by atoms with Crippen molar-refractivity contribution < 1.29 is 4.79 Å². The number of amides is 1. The predicted octanol–water partition coefficient (Wildman–Crippen LogP) is 2.44. The fraction of sp³-hybridized carbons (Fsp3) is 0.350. The van der Waals surface area contributed by atoms with E-state index in [9.17, 15) is 9.59 Å². The van der Waals surface area contributed by atoms with Crippen LogP contribution >= 0.6 is 0 Å². The van der Waals surface area contributed by atoms with Crippen molar-refractivity contribution in [3.8, 4) is 0 Å². The third kappa shape index (κ3) is 3.27. The maximum absolute atomic E-state index is 12.6. The number of imidazole rings is 1. The molecule has 1 saturated heterocycles. The maximum Gasteiger partial charge on any atom is 0.250 e. The highest BCUT2D eigenvalue weighted by atomic mass is 16.2. The van der Waals surface area contributed by atoms with Crippen LogP contribution in [-0.2, 0) is 11.3 Å². The second kappa shape index (κ2) is 6.78. The van der Waals surface area contributed by atoms with Crippen LogP contribution in [0.2, 0.25) is 0 Å². The molecule has 0 bridgehead atoms. The molecule has 2 aromatic heterocycles. The molecule has 0 radical (unpaired) electrons. The van der Waals surface area contributed by atoms with Gasteiger partial charge in [-0.3, -0.25) is 9.59 Å². The molecule has 1 amide bonds. The minimum Gasteiger partial charge on any atom is -0.342 e. The van der Waals surface area contributed by atoms with Crippen molar-refractivity contribution in [2.24, 2.45) is 0 Å². The van der Waals surface area contributed by atoms with Gasteiger partial charge in [-0.05, 0) is 43.5 Å². The SMILES string of the molecule is Cc1ccc2nc([C@H]3CCCN(C(=O)Cn4ccccc4=O)C3)[nH]c2c1. The van der Waals surface area contributed by atoms with Gasteiger partial charge in [0, 0.05) is 31.3 Å². The molecule has 1 atom stereocenters. The molecular weight excluding hydrogens is 328 g/mol. The van der Waals surface area contributed by atoms with Gasteiger partial charge in [-0.15, -0.1) is 0 Å². The first-order valence-corrected chi connectivity index (χ1v) is 8.99. The van der Waals surface area contributed by atoms with E-state index in [1.54, 1.807) is 18.3 Å². The number of aryl methyl sites for hydroxylation is 1. The monoisotopic (exact) mass is 350 g/mol. The fourth-order valence-corrected chi connectivity index (χ4v) is 3.60. The lowest BCUT2D eigenvalue weighted by Gasteiger charge is -2.32. The second-order valence-electron chi connectivity index (χ2n) is 6.99. The van der Waals surface area contributed by atoms with E-state index < -0.39 is 0 Å². The van der Waals surface area contributed by atoms with E-state index in [0.29, 0.717) is 6.54 Å². The molecule has 1 N–H and O–H groups in total. The molecule has 1 aromatic carbocycles. The van der Waals surface area contributed by atoms with Gasteiger partial charge in [-0.25, -0.2) is 4.98 Å². The molecule has 3 heterocycles. The first kappa shape index (κ1) is 16.6. The van der Waals surface area contributed by atoms with Crippen LogP contribution in [0.3, 0.4) is 0 Å². The molecule has 134 valence electrons. The van der Waals surface area contributed by atoms with Gasteiger partial charge < -0.3 is 14.5 Å². The molecule has 1 aliphatic rings. The number of hydrogen-bond donors (Lipinski definition) is 1. The average molecular weight is 350 g/mol. The van der Waals surface area contributed by atoms with Gasteiger partial charge in [0.25, 0.3) is 5.56 Å². The van der Waals surface area contributed by atoms with Crippen molar-refractivity contribution in [2.75, 3.05) is 13.1 Å². The van der Waals surface area contributed by atoms with E-state index in [0.717, 1.165) is 36.2 Å². The van der Waals surface area contributed by atoms with Crippen molar-refractivity contribution >= 4 is 16.9 Å². The number of nitrogens with zero attached hydrogens (tertiary/aromatic N) is 3. The number of nitrogens with one attached hydrogen (secondary N) is 1. The van der Waals surface area contributed by atoms with Gasteiger partial charge in [0.05, 0.1) is 11.0 Å². The van der Waals surface area contributed by atoms with E-state index in [1.165, 1.54) is 16.2 Å². The Morgan fingerprint density at radius 1 is 1.31 bits per heavy atom. The molecule has 4 rings (SSSR count). The summed E-state index contributed by atoms with van der Waals surface area (Å²) in [4.78, 5) is 34.5. The van der Waals surface area contributed by atoms with Gasteiger partial charge in [-0.2, -0.15) is 0 Å². The minimum atomic E-state index is -0.151. The van der Waals surface area contributed by atoms with Crippen molar-refractivity contribution in [2.45, 2.75) is 32.2 Å². The van der Waals surface area contributed by atoms with Crippen LogP contribution in [-0.4, -0.2) is 38.4 Å². The first-order valence-electron chi connectivity index (χ1n) is 8.99. The van der Waals surface area contributed by atoms with Gasteiger partial charge >= 0.3 is 0 Å². The maximum atomic E-state index is 12.6. The Morgan fingerprint density at radius 2 is 2.19 bits per heavy atom. The number of rotatable bonds is 3. The van der Waals surface area contributed by atoms with Crippen molar-refractivity contribution in [3.05, 3.63) is 64.3 Å². The molecule has 26 heavy (non-hydrogen) atoms. The quantitative estimate of drug-likeness (QED) is 0.789. The number of fused-ring (bicyclic) bond motifs is 1. The Kier molecular flexibility index (Phi) is 4.32. The Hall–Kier alpha value is -2.89. The zero-order chi connectivity index (χ0) is 18.1. The summed E-state index contributed by atoms with van der Waals surface area (Å²) in [6.07, 6.45) is 3.60. The molecule has 0 aliphatic carbocycles. The number of benzene rings is 1. The Balaban J connectivity index is 1.50. The third-order valence-electron chi connectivity index (χ3n) is 5.02. The van der Waals surface area contributed by atoms with Crippen LogP contribution < -0.4 is 5.56 Å². The van der Waals surface area contributed by atoms with Crippen molar-refractivity contribution in [1.82, 2.24) is 19.4 Å². The number of aromatic nitrogens is 3. The summed E-state index contributed by atoms with van der Waals surface area (Å²) in [6, 6.07) is 11.1. The first-order chi connectivity index (χ1) is 12.6. The van der Waals surface area contributed by atoms with Gasteiger partial charge in [-0.1, -0.05) is 12.1 Å². The van der Waals surface area contributed by atoms with Gasteiger partial charge in [0.2, 0.25) is 5.91 Å². The Bertz CT molecular complexity index is 1000.